The molecule has 0 aliphatic heterocycles. The lowest BCUT2D eigenvalue weighted by atomic mass is 9.98. The van der Waals surface area contributed by atoms with Crippen molar-refractivity contribution in [3.63, 3.8) is 0 Å². The first kappa shape index (κ1) is 24.4. The maximum absolute atomic E-state index is 12.9. The normalized spacial score (nSPS) is 11.9. The molecule has 172 valence electrons. The van der Waals surface area contributed by atoms with Crippen LogP contribution in [0, 0.1) is 6.92 Å². The molecule has 0 aliphatic carbocycles. The topological polar surface area (TPSA) is 67.2 Å². The quantitative estimate of drug-likeness (QED) is 0.380. The molecule has 1 aromatic heterocycles. The van der Waals surface area contributed by atoms with Gasteiger partial charge in [-0.25, -0.2) is 4.98 Å². The minimum absolute atomic E-state index is 0. The standard InChI is InChI=1S/C27H29N3O2.H2S/c1-17(2)21-8-6-9-22(14-21)18(3)28-27(32)23-11-12-26-25(15-23)29-19(4)30(26)16-20-7-5-10-24(31)13-20;/h5-15,17-18,31H,16H2,1-4H3,(H,28,32);1H2/t18-;/m0./s1. The van der Waals surface area contributed by atoms with Gasteiger partial charge in [-0.15, -0.1) is 0 Å². The molecular formula is C27H31N3O2S. The van der Waals surface area contributed by atoms with Crippen LogP contribution in [0.15, 0.2) is 66.7 Å². The highest BCUT2D eigenvalue weighted by atomic mass is 32.1. The van der Waals surface area contributed by atoms with Gasteiger partial charge in [0.05, 0.1) is 17.1 Å². The molecule has 1 amide bonds. The minimum Gasteiger partial charge on any atom is -0.508 e. The van der Waals surface area contributed by atoms with Crippen LogP contribution in [-0.2, 0) is 6.54 Å². The number of hydrogen-bond acceptors (Lipinski definition) is 3. The summed E-state index contributed by atoms with van der Waals surface area (Å²) in [5.41, 5.74) is 5.68. The van der Waals surface area contributed by atoms with E-state index in [4.69, 9.17) is 0 Å². The van der Waals surface area contributed by atoms with Crippen molar-refractivity contribution < 1.29 is 9.90 Å². The molecule has 0 fully saturated rings. The number of aryl methyl sites for hydroxylation is 1. The van der Waals surface area contributed by atoms with Crippen LogP contribution in [0.3, 0.4) is 0 Å². The maximum Gasteiger partial charge on any atom is 0.251 e. The molecule has 2 N–H and O–H groups in total. The molecular weight excluding hydrogens is 430 g/mol. The number of carbonyl (C=O) groups excluding carboxylic acids is 1. The lowest BCUT2D eigenvalue weighted by molar-refractivity contribution is 0.0940. The van der Waals surface area contributed by atoms with Crippen LogP contribution in [0.4, 0.5) is 0 Å². The Morgan fingerprint density at radius 2 is 1.73 bits per heavy atom. The minimum atomic E-state index is -0.116. The van der Waals surface area contributed by atoms with Gasteiger partial charge >= 0.3 is 0 Å². The fraction of sp³-hybridized carbons (Fsp3) is 0.259. The third-order valence-electron chi connectivity index (χ3n) is 5.88. The predicted octanol–water partition coefficient (Wildman–Crippen LogP) is 5.83. The lowest BCUT2D eigenvalue weighted by Crippen LogP contribution is -2.26. The van der Waals surface area contributed by atoms with Gasteiger partial charge < -0.3 is 15.0 Å². The number of aromatic hydroxyl groups is 1. The summed E-state index contributed by atoms with van der Waals surface area (Å²) in [5.74, 6) is 1.43. The second-order valence-corrected chi connectivity index (χ2v) is 8.64. The fourth-order valence-corrected chi connectivity index (χ4v) is 3.98. The monoisotopic (exact) mass is 461 g/mol. The highest BCUT2D eigenvalue weighted by Crippen LogP contribution is 2.23. The van der Waals surface area contributed by atoms with Gasteiger partial charge in [-0.2, -0.15) is 13.5 Å². The van der Waals surface area contributed by atoms with Gasteiger partial charge in [0, 0.05) is 12.1 Å². The molecule has 0 aliphatic rings. The third-order valence-corrected chi connectivity index (χ3v) is 5.88. The Kier molecular flexibility index (Phi) is 7.49. The van der Waals surface area contributed by atoms with Crippen LogP contribution in [0.2, 0.25) is 0 Å². The van der Waals surface area contributed by atoms with Crippen LogP contribution in [0.5, 0.6) is 5.75 Å². The first-order chi connectivity index (χ1) is 15.3. The van der Waals surface area contributed by atoms with Gasteiger partial charge in [0.25, 0.3) is 5.91 Å². The van der Waals surface area contributed by atoms with E-state index in [9.17, 15) is 9.90 Å². The summed E-state index contributed by atoms with van der Waals surface area (Å²) in [4.78, 5) is 17.6. The van der Waals surface area contributed by atoms with Crippen LogP contribution in [-0.4, -0.2) is 20.6 Å². The van der Waals surface area contributed by atoms with Crippen LogP contribution < -0.4 is 5.32 Å². The number of nitrogens with one attached hydrogen (secondary N) is 1. The van der Waals surface area contributed by atoms with Gasteiger partial charge in [-0.3, -0.25) is 4.79 Å². The zero-order valence-electron chi connectivity index (χ0n) is 19.5. The number of benzene rings is 3. The van der Waals surface area contributed by atoms with Crippen molar-refractivity contribution in [3.8, 4) is 5.75 Å². The first-order valence-corrected chi connectivity index (χ1v) is 11.0. The summed E-state index contributed by atoms with van der Waals surface area (Å²) in [6.45, 7) is 8.89. The molecule has 5 nitrogen and oxygen atoms in total. The van der Waals surface area contributed by atoms with Crippen LogP contribution >= 0.6 is 13.5 Å². The Morgan fingerprint density at radius 3 is 2.45 bits per heavy atom. The number of hydrogen-bond donors (Lipinski definition) is 2. The largest absolute Gasteiger partial charge is 0.508 e. The van der Waals surface area contributed by atoms with Crippen LogP contribution in [0.1, 0.15) is 65.6 Å². The van der Waals surface area contributed by atoms with E-state index in [-0.39, 0.29) is 31.2 Å². The second kappa shape index (κ2) is 10.1. The van der Waals surface area contributed by atoms with Gasteiger partial charge in [0.2, 0.25) is 0 Å². The van der Waals surface area contributed by atoms with Gasteiger partial charge in [0.1, 0.15) is 11.6 Å². The highest BCUT2D eigenvalue weighted by molar-refractivity contribution is 7.59. The van der Waals surface area contributed by atoms with Crippen molar-refractivity contribution in [2.24, 2.45) is 0 Å². The molecule has 0 saturated carbocycles. The molecule has 0 saturated heterocycles. The number of nitrogens with zero attached hydrogens (tertiary/aromatic N) is 2. The van der Waals surface area contributed by atoms with Gasteiger partial charge in [-0.05, 0) is 66.8 Å². The van der Waals surface area contributed by atoms with Crippen molar-refractivity contribution in [2.75, 3.05) is 0 Å². The molecule has 4 aromatic rings. The Morgan fingerprint density at radius 1 is 1.00 bits per heavy atom. The third kappa shape index (κ3) is 5.40. The fourth-order valence-electron chi connectivity index (χ4n) is 3.98. The molecule has 33 heavy (non-hydrogen) atoms. The Labute approximate surface area is 201 Å². The van der Waals surface area contributed by atoms with Gasteiger partial charge in [0.15, 0.2) is 0 Å². The van der Waals surface area contributed by atoms with Crippen LogP contribution in [0.25, 0.3) is 11.0 Å². The Balaban J connectivity index is 0.00000306. The number of amides is 1. The molecule has 0 unspecified atom stereocenters. The first-order valence-electron chi connectivity index (χ1n) is 11.0. The number of carbonyl (C=O) groups is 1. The summed E-state index contributed by atoms with van der Waals surface area (Å²) in [7, 11) is 0. The van der Waals surface area contributed by atoms with E-state index in [1.54, 1.807) is 12.1 Å². The van der Waals surface area contributed by atoms with Crippen molar-refractivity contribution in [2.45, 2.75) is 46.2 Å². The Bertz CT molecular complexity index is 1280. The molecule has 0 radical (unpaired) electrons. The molecule has 1 atom stereocenters. The van der Waals surface area contributed by atoms with Crippen molar-refractivity contribution in [1.82, 2.24) is 14.9 Å². The van der Waals surface area contributed by atoms with Crippen molar-refractivity contribution >= 4 is 30.4 Å². The predicted molar refractivity (Wildman–Crippen MR) is 138 cm³/mol. The molecule has 1 heterocycles. The number of phenols is 1. The summed E-state index contributed by atoms with van der Waals surface area (Å²) < 4.78 is 2.09. The van der Waals surface area contributed by atoms with E-state index >= 15 is 0 Å². The summed E-state index contributed by atoms with van der Waals surface area (Å²) in [5, 5.41) is 12.9. The van der Waals surface area contributed by atoms with Crippen molar-refractivity contribution in [1.29, 1.82) is 0 Å². The van der Waals surface area contributed by atoms with Gasteiger partial charge in [-0.1, -0.05) is 50.2 Å². The van der Waals surface area contributed by atoms with E-state index < -0.39 is 0 Å². The van der Waals surface area contributed by atoms with E-state index in [1.165, 1.54) is 5.56 Å². The summed E-state index contributed by atoms with van der Waals surface area (Å²) in [6, 6.07) is 21.1. The zero-order chi connectivity index (χ0) is 22.8. The zero-order valence-corrected chi connectivity index (χ0v) is 20.5. The molecule has 3 aromatic carbocycles. The summed E-state index contributed by atoms with van der Waals surface area (Å²) >= 11 is 0. The molecule has 4 rings (SSSR count). The Hall–Kier alpha value is -3.25. The maximum atomic E-state index is 12.9. The van der Waals surface area contributed by atoms with E-state index in [1.807, 2.05) is 56.3 Å². The molecule has 6 heteroatoms. The number of imidazole rings is 1. The highest BCUT2D eigenvalue weighted by Gasteiger charge is 2.15. The smallest absolute Gasteiger partial charge is 0.251 e. The number of aromatic nitrogens is 2. The number of rotatable bonds is 6. The number of fused-ring (bicyclic) bond motifs is 1. The molecule has 0 spiro atoms. The number of phenolic OH excluding ortho intramolecular Hbond substituents is 1. The van der Waals surface area contributed by atoms with Crippen molar-refractivity contribution in [3.05, 3.63) is 94.8 Å². The SMILES string of the molecule is Cc1nc2cc(C(=O)N[C@@H](C)c3cccc(C(C)C)c3)ccc2n1Cc1cccc(O)c1.S. The van der Waals surface area contributed by atoms with E-state index in [0.717, 1.165) is 28.0 Å². The molecule has 0 bridgehead atoms. The second-order valence-electron chi connectivity index (χ2n) is 8.64. The van der Waals surface area contributed by atoms with E-state index in [2.05, 4.69) is 40.8 Å². The summed E-state index contributed by atoms with van der Waals surface area (Å²) in [6.07, 6.45) is 0. The lowest BCUT2D eigenvalue weighted by Gasteiger charge is -2.16. The van der Waals surface area contributed by atoms with E-state index in [0.29, 0.717) is 18.0 Å². The average molecular weight is 462 g/mol. The average Bonchev–Trinajstić information content (AvgIpc) is 3.08.